The maximum Gasteiger partial charge on any atom is 0.268 e. The highest BCUT2D eigenvalue weighted by atomic mass is 16.6. The average molecular weight is 327 g/mol. The summed E-state index contributed by atoms with van der Waals surface area (Å²) in [4.78, 5) is 21.5. The molecule has 2 aromatic rings. The number of pyridine rings is 1. The van der Waals surface area contributed by atoms with Gasteiger partial charge in [-0.2, -0.15) is 0 Å². The van der Waals surface area contributed by atoms with Crippen LogP contribution in [0.4, 0.5) is 5.69 Å². The fraction of sp³-hybridized carbons (Fsp3) is 0.235. The van der Waals surface area contributed by atoms with Crippen molar-refractivity contribution in [2.45, 2.75) is 12.5 Å². The molecule has 0 unspecified atom stereocenters. The number of benzene rings is 1. The minimum Gasteiger partial charge on any atom is -0.493 e. The van der Waals surface area contributed by atoms with E-state index >= 15 is 0 Å². The predicted octanol–water partition coefficient (Wildman–Crippen LogP) is 2.23. The van der Waals surface area contributed by atoms with Crippen LogP contribution in [-0.2, 0) is 9.63 Å². The summed E-state index contributed by atoms with van der Waals surface area (Å²) in [6.07, 6.45) is 2.91. The van der Waals surface area contributed by atoms with Crippen LogP contribution < -0.4 is 14.8 Å². The molecular formula is C17H17N3O4. The maximum atomic E-state index is 12.2. The monoisotopic (exact) mass is 327 g/mol. The fourth-order valence-corrected chi connectivity index (χ4v) is 2.36. The van der Waals surface area contributed by atoms with Crippen molar-refractivity contribution in [2.24, 2.45) is 5.16 Å². The Morgan fingerprint density at radius 2 is 2.08 bits per heavy atom. The van der Waals surface area contributed by atoms with Crippen LogP contribution in [0.25, 0.3) is 0 Å². The Kier molecular flexibility index (Phi) is 4.60. The number of hydrogen-bond donors (Lipinski definition) is 1. The number of nitrogens with one attached hydrogen (secondary N) is 1. The van der Waals surface area contributed by atoms with Crippen LogP contribution in [0.5, 0.6) is 11.5 Å². The van der Waals surface area contributed by atoms with Crippen molar-refractivity contribution >= 4 is 17.3 Å². The molecule has 7 nitrogen and oxygen atoms in total. The number of anilines is 1. The Balaban J connectivity index is 1.67. The lowest BCUT2D eigenvalue weighted by Gasteiger charge is -2.10. The zero-order valence-electron chi connectivity index (χ0n) is 13.4. The summed E-state index contributed by atoms with van der Waals surface area (Å²) in [6, 6.07) is 8.96. The van der Waals surface area contributed by atoms with E-state index in [2.05, 4.69) is 15.5 Å². The second kappa shape index (κ2) is 6.99. The van der Waals surface area contributed by atoms with Gasteiger partial charge in [-0.3, -0.25) is 9.78 Å². The number of aromatic nitrogens is 1. The topological polar surface area (TPSA) is 82.0 Å². The Morgan fingerprint density at radius 1 is 1.25 bits per heavy atom. The normalized spacial score (nSPS) is 16.1. The van der Waals surface area contributed by atoms with Gasteiger partial charge < -0.3 is 19.6 Å². The van der Waals surface area contributed by atoms with Gasteiger partial charge in [-0.25, -0.2) is 0 Å². The van der Waals surface area contributed by atoms with Crippen LogP contribution in [0.3, 0.4) is 0 Å². The number of carbonyl (C=O) groups excluding carboxylic acids is 1. The molecule has 0 saturated heterocycles. The van der Waals surface area contributed by atoms with Gasteiger partial charge in [-0.1, -0.05) is 5.16 Å². The van der Waals surface area contributed by atoms with Gasteiger partial charge in [0.25, 0.3) is 5.91 Å². The number of amides is 1. The Labute approximate surface area is 139 Å². The van der Waals surface area contributed by atoms with E-state index in [0.717, 1.165) is 5.56 Å². The summed E-state index contributed by atoms with van der Waals surface area (Å²) < 4.78 is 10.5. The van der Waals surface area contributed by atoms with E-state index in [0.29, 0.717) is 29.3 Å². The largest absolute Gasteiger partial charge is 0.493 e. The standard InChI is InChI=1S/C17H17N3O4/c1-22-14-6-5-11(8-15(14)23-2)13-9-16(24-20-13)17(21)19-12-4-3-7-18-10-12/h3-8,10,16H,9H2,1-2H3,(H,19,21)/t16-/m0/s1. The third-order valence-electron chi connectivity index (χ3n) is 3.61. The van der Waals surface area contributed by atoms with E-state index in [9.17, 15) is 4.79 Å². The second-order valence-corrected chi connectivity index (χ2v) is 5.14. The minimum atomic E-state index is -0.673. The molecule has 0 fully saturated rings. The average Bonchev–Trinajstić information content (AvgIpc) is 3.12. The summed E-state index contributed by atoms with van der Waals surface area (Å²) >= 11 is 0. The van der Waals surface area contributed by atoms with Gasteiger partial charge in [0.15, 0.2) is 11.5 Å². The van der Waals surface area contributed by atoms with Crippen molar-refractivity contribution in [1.29, 1.82) is 0 Å². The molecule has 0 bridgehead atoms. The summed E-state index contributed by atoms with van der Waals surface area (Å²) in [5, 5.41) is 6.78. The van der Waals surface area contributed by atoms with E-state index in [1.165, 1.54) is 0 Å². The van der Waals surface area contributed by atoms with Crippen LogP contribution >= 0.6 is 0 Å². The van der Waals surface area contributed by atoms with Crippen molar-refractivity contribution < 1.29 is 19.1 Å². The lowest BCUT2D eigenvalue weighted by atomic mass is 10.0. The van der Waals surface area contributed by atoms with Gasteiger partial charge in [0.2, 0.25) is 6.10 Å². The molecule has 0 saturated carbocycles. The van der Waals surface area contributed by atoms with Crippen LogP contribution in [-0.4, -0.2) is 36.9 Å². The Bertz CT molecular complexity index is 762. The molecule has 124 valence electrons. The van der Waals surface area contributed by atoms with Gasteiger partial charge in [-0.05, 0) is 30.3 Å². The lowest BCUT2D eigenvalue weighted by Crippen LogP contribution is -2.28. The molecule has 1 aliphatic rings. The molecule has 1 aliphatic heterocycles. The smallest absolute Gasteiger partial charge is 0.268 e. The maximum absolute atomic E-state index is 12.2. The molecular weight excluding hydrogens is 310 g/mol. The molecule has 0 spiro atoms. The third-order valence-corrected chi connectivity index (χ3v) is 3.61. The Hall–Kier alpha value is -3.09. The number of rotatable bonds is 5. The Morgan fingerprint density at radius 3 is 2.79 bits per heavy atom. The van der Waals surface area contributed by atoms with E-state index in [1.807, 2.05) is 12.1 Å². The lowest BCUT2D eigenvalue weighted by molar-refractivity contribution is -0.125. The van der Waals surface area contributed by atoms with E-state index < -0.39 is 6.10 Å². The molecule has 1 aromatic carbocycles. The number of methoxy groups -OCH3 is 2. The van der Waals surface area contributed by atoms with Crippen molar-refractivity contribution in [3.63, 3.8) is 0 Å². The van der Waals surface area contributed by atoms with E-state index in [4.69, 9.17) is 14.3 Å². The molecule has 1 atom stereocenters. The highest BCUT2D eigenvalue weighted by Gasteiger charge is 2.29. The van der Waals surface area contributed by atoms with Gasteiger partial charge in [0.05, 0.1) is 31.8 Å². The SMILES string of the molecule is COc1ccc(C2=NO[C@H](C(=O)Nc3cccnc3)C2)cc1OC. The molecule has 0 radical (unpaired) electrons. The quantitative estimate of drug-likeness (QED) is 0.910. The summed E-state index contributed by atoms with van der Waals surface area (Å²) in [6.45, 7) is 0. The van der Waals surface area contributed by atoms with Crippen LogP contribution in [0.2, 0.25) is 0 Å². The number of hydrogen-bond acceptors (Lipinski definition) is 6. The van der Waals surface area contributed by atoms with Gasteiger partial charge in [0.1, 0.15) is 0 Å². The molecule has 2 heterocycles. The zero-order valence-corrected chi connectivity index (χ0v) is 13.4. The highest BCUT2D eigenvalue weighted by Crippen LogP contribution is 2.29. The van der Waals surface area contributed by atoms with Gasteiger partial charge >= 0.3 is 0 Å². The van der Waals surface area contributed by atoms with E-state index in [-0.39, 0.29) is 5.91 Å². The minimum absolute atomic E-state index is 0.262. The number of ether oxygens (including phenoxy) is 2. The fourth-order valence-electron chi connectivity index (χ4n) is 2.36. The van der Waals surface area contributed by atoms with E-state index in [1.54, 1.807) is 44.8 Å². The first-order valence-electron chi connectivity index (χ1n) is 7.37. The molecule has 24 heavy (non-hydrogen) atoms. The van der Waals surface area contributed by atoms with Crippen LogP contribution in [0.15, 0.2) is 47.9 Å². The summed E-state index contributed by atoms with van der Waals surface area (Å²) in [5.41, 5.74) is 2.12. The predicted molar refractivity (Wildman–Crippen MR) is 88.4 cm³/mol. The first-order chi connectivity index (χ1) is 11.7. The van der Waals surface area contributed by atoms with Gasteiger partial charge in [-0.15, -0.1) is 0 Å². The van der Waals surface area contributed by atoms with Crippen molar-refractivity contribution in [3.05, 3.63) is 48.3 Å². The third kappa shape index (κ3) is 3.29. The highest BCUT2D eigenvalue weighted by molar-refractivity contribution is 6.06. The van der Waals surface area contributed by atoms with Crippen LogP contribution in [0.1, 0.15) is 12.0 Å². The molecule has 7 heteroatoms. The number of carbonyl (C=O) groups is 1. The molecule has 1 N–H and O–H groups in total. The zero-order chi connectivity index (χ0) is 16.9. The molecule has 0 aliphatic carbocycles. The molecule has 1 amide bonds. The van der Waals surface area contributed by atoms with Crippen molar-refractivity contribution in [2.75, 3.05) is 19.5 Å². The van der Waals surface area contributed by atoms with Gasteiger partial charge in [0, 0.05) is 18.2 Å². The molecule has 3 rings (SSSR count). The number of nitrogens with zero attached hydrogens (tertiary/aromatic N) is 2. The number of oxime groups is 1. The van der Waals surface area contributed by atoms with Crippen LogP contribution in [0, 0.1) is 0 Å². The first kappa shape index (κ1) is 15.8. The summed E-state index contributed by atoms with van der Waals surface area (Å²) in [7, 11) is 3.14. The van der Waals surface area contributed by atoms with Crippen molar-refractivity contribution in [1.82, 2.24) is 4.98 Å². The summed E-state index contributed by atoms with van der Waals surface area (Å²) in [5.74, 6) is 0.967. The molecule has 1 aromatic heterocycles. The first-order valence-corrected chi connectivity index (χ1v) is 7.37. The second-order valence-electron chi connectivity index (χ2n) is 5.14. The van der Waals surface area contributed by atoms with Crippen molar-refractivity contribution in [3.8, 4) is 11.5 Å².